The third kappa shape index (κ3) is 6.62. The van der Waals surface area contributed by atoms with Gasteiger partial charge >= 0.3 is 0 Å². The summed E-state index contributed by atoms with van der Waals surface area (Å²) in [6, 6.07) is 25.3. The SMILES string of the molecule is COc1cc([C@H](C(=O)NCc2ccccc2)N(C(=O)Cn2nnc3ccccc32)c2cccc(C(C)=O)c2)cc(OC)c1OC. The lowest BCUT2D eigenvalue weighted by molar-refractivity contribution is -0.127. The average Bonchev–Trinajstić information content (AvgIpc) is 3.48. The van der Waals surface area contributed by atoms with E-state index in [1.54, 1.807) is 42.5 Å². The Morgan fingerprint density at radius 2 is 1.53 bits per heavy atom. The Balaban J connectivity index is 1.67. The lowest BCUT2D eigenvalue weighted by Crippen LogP contribution is -2.45. The quantitative estimate of drug-likeness (QED) is 0.202. The number of fused-ring (bicyclic) bond motifs is 1. The minimum atomic E-state index is -1.23. The number of Topliss-reactive ketones (excluding diaryl/α,β-unsaturated/α-hetero) is 1. The molecule has 1 heterocycles. The molecule has 4 aromatic carbocycles. The van der Waals surface area contributed by atoms with Gasteiger partial charge in [0.15, 0.2) is 17.3 Å². The Labute approximate surface area is 260 Å². The number of carbonyl (C=O) groups is 3. The van der Waals surface area contributed by atoms with Gasteiger partial charge in [-0.2, -0.15) is 0 Å². The Bertz CT molecular complexity index is 1810. The molecule has 11 nitrogen and oxygen atoms in total. The fourth-order valence-electron chi connectivity index (χ4n) is 5.11. The highest BCUT2D eigenvalue weighted by molar-refractivity contribution is 6.03. The number of carbonyl (C=O) groups excluding carboxylic acids is 3. The Morgan fingerprint density at radius 1 is 0.844 bits per heavy atom. The van der Waals surface area contributed by atoms with Gasteiger partial charge in [-0.25, -0.2) is 4.68 Å². The van der Waals surface area contributed by atoms with E-state index in [0.29, 0.717) is 45.1 Å². The average molecular weight is 608 g/mol. The molecule has 0 aliphatic rings. The van der Waals surface area contributed by atoms with E-state index in [9.17, 15) is 14.4 Å². The number of nitrogens with zero attached hydrogens (tertiary/aromatic N) is 4. The molecule has 5 aromatic rings. The van der Waals surface area contributed by atoms with Crippen LogP contribution in [0.4, 0.5) is 5.69 Å². The maximum atomic E-state index is 14.4. The van der Waals surface area contributed by atoms with Crippen molar-refractivity contribution in [1.82, 2.24) is 20.3 Å². The first-order valence-electron chi connectivity index (χ1n) is 14.2. The molecule has 11 heteroatoms. The normalized spacial score (nSPS) is 11.5. The van der Waals surface area contributed by atoms with E-state index in [1.165, 1.54) is 37.8 Å². The van der Waals surface area contributed by atoms with Gasteiger partial charge in [-0.1, -0.05) is 59.8 Å². The minimum Gasteiger partial charge on any atom is -0.493 e. The molecule has 1 aromatic heterocycles. The van der Waals surface area contributed by atoms with E-state index >= 15 is 0 Å². The number of rotatable bonds is 12. The molecule has 0 aliphatic carbocycles. The number of benzene rings is 4. The fraction of sp³-hybridized carbons (Fsp3) is 0.206. The molecule has 0 fully saturated rings. The molecule has 45 heavy (non-hydrogen) atoms. The summed E-state index contributed by atoms with van der Waals surface area (Å²) in [6.45, 7) is 1.41. The van der Waals surface area contributed by atoms with Crippen LogP contribution in [0.5, 0.6) is 17.2 Å². The summed E-state index contributed by atoms with van der Waals surface area (Å²) in [5.41, 5.74) is 3.26. The number of hydrogen-bond acceptors (Lipinski definition) is 8. The van der Waals surface area contributed by atoms with Crippen LogP contribution >= 0.6 is 0 Å². The number of anilines is 1. The Kier molecular flexibility index (Phi) is 9.37. The van der Waals surface area contributed by atoms with Crippen molar-refractivity contribution in [3.63, 3.8) is 0 Å². The molecule has 2 amide bonds. The van der Waals surface area contributed by atoms with E-state index in [4.69, 9.17) is 14.2 Å². The molecule has 230 valence electrons. The summed E-state index contributed by atoms with van der Waals surface area (Å²) in [7, 11) is 4.43. The summed E-state index contributed by atoms with van der Waals surface area (Å²) in [4.78, 5) is 42.5. The molecule has 0 spiro atoms. The van der Waals surface area contributed by atoms with Crippen molar-refractivity contribution in [3.8, 4) is 17.2 Å². The van der Waals surface area contributed by atoms with E-state index in [2.05, 4.69) is 15.6 Å². The molecule has 0 bridgehead atoms. The largest absolute Gasteiger partial charge is 0.493 e. The van der Waals surface area contributed by atoms with E-state index in [1.807, 2.05) is 48.5 Å². The van der Waals surface area contributed by atoms with Crippen LogP contribution in [0.1, 0.15) is 34.5 Å². The van der Waals surface area contributed by atoms with Gasteiger partial charge in [0, 0.05) is 17.8 Å². The van der Waals surface area contributed by atoms with Gasteiger partial charge in [0.2, 0.25) is 17.6 Å². The first kappa shape index (κ1) is 30.7. The molecule has 0 saturated carbocycles. The van der Waals surface area contributed by atoms with Crippen molar-refractivity contribution in [2.24, 2.45) is 0 Å². The number of ether oxygens (including phenoxy) is 3. The predicted octanol–water partition coefficient (Wildman–Crippen LogP) is 4.75. The number of hydrogen-bond donors (Lipinski definition) is 1. The molecular weight excluding hydrogens is 574 g/mol. The number of amides is 2. The highest BCUT2D eigenvalue weighted by atomic mass is 16.5. The molecule has 5 rings (SSSR count). The predicted molar refractivity (Wildman–Crippen MR) is 169 cm³/mol. The third-order valence-electron chi connectivity index (χ3n) is 7.32. The van der Waals surface area contributed by atoms with Crippen molar-refractivity contribution < 1.29 is 28.6 Å². The number of para-hydroxylation sites is 1. The second-order valence-electron chi connectivity index (χ2n) is 10.2. The monoisotopic (exact) mass is 607 g/mol. The first-order chi connectivity index (χ1) is 21.8. The second-order valence-corrected chi connectivity index (χ2v) is 10.2. The van der Waals surface area contributed by atoms with Gasteiger partial charge in [0.1, 0.15) is 18.1 Å². The number of aromatic nitrogens is 3. The van der Waals surface area contributed by atoms with E-state index < -0.39 is 17.9 Å². The van der Waals surface area contributed by atoms with Crippen molar-refractivity contribution in [2.75, 3.05) is 26.2 Å². The maximum Gasteiger partial charge on any atom is 0.249 e. The smallest absolute Gasteiger partial charge is 0.249 e. The van der Waals surface area contributed by atoms with Gasteiger partial charge in [-0.05, 0) is 54.4 Å². The van der Waals surface area contributed by atoms with Crippen LogP contribution in [0.25, 0.3) is 11.0 Å². The van der Waals surface area contributed by atoms with Crippen LogP contribution in [-0.2, 0) is 22.7 Å². The molecular formula is C34H33N5O6. The summed E-state index contributed by atoms with van der Waals surface area (Å²) in [5.74, 6) is -0.194. The lowest BCUT2D eigenvalue weighted by atomic mass is 10.0. The van der Waals surface area contributed by atoms with Crippen molar-refractivity contribution in [2.45, 2.75) is 26.1 Å². The second kappa shape index (κ2) is 13.7. The summed E-state index contributed by atoms with van der Waals surface area (Å²) < 4.78 is 18.2. The Hall–Kier alpha value is -5.71. The van der Waals surface area contributed by atoms with Gasteiger partial charge in [0.05, 0.1) is 26.8 Å². The zero-order valence-electron chi connectivity index (χ0n) is 25.4. The number of ketones is 1. The zero-order chi connectivity index (χ0) is 31.9. The summed E-state index contributed by atoms with van der Waals surface area (Å²) in [6.07, 6.45) is 0. The third-order valence-corrected chi connectivity index (χ3v) is 7.32. The van der Waals surface area contributed by atoms with Gasteiger partial charge < -0.3 is 19.5 Å². The van der Waals surface area contributed by atoms with Crippen LogP contribution in [-0.4, -0.2) is 53.9 Å². The topological polar surface area (TPSA) is 125 Å². The molecule has 1 atom stereocenters. The highest BCUT2D eigenvalue weighted by Gasteiger charge is 2.35. The number of methoxy groups -OCH3 is 3. The molecule has 0 aliphatic heterocycles. The maximum absolute atomic E-state index is 14.4. The standard InChI is InChI=1S/C34H33N5O6/c1-22(40)24-13-10-14-26(17-24)39(31(41)21-38-28-16-9-8-15-27(28)36-37-38)32(34(42)35-20-23-11-6-5-7-12-23)25-18-29(43-2)33(45-4)30(19-25)44-3/h5-19,32H,20-21H2,1-4H3,(H,35,42)/t32-/m1/s1. The van der Waals surface area contributed by atoms with Gasteiger partial charge in [-0.3, -0.25) is 19.3 Å². The van der Waals surface area contributed by atoms with Gasteiger partial charge in [-0.15, -0.1) is 5.10 Å². The molecule has 0 saturated heterocycles. The van der Waals surface area contributed by atoms with Crippen molar-refractivity contribution >= 4 is 34.3 Å². The summed E-state index contributed by atoms with van der Waals surface area (Å²) in [5, 5.41) is 11.4. The molecule has 0 radical (unpaired) electrons. The van der Waals surface area contributed by atoms with Crippen LogP contribution in [0.15, 0.2) is 91.0 Å². The van der Waals surface area contributed by atoms with Crippen LogP contribution in [0, 0.1) is 0 Å². The lowest BCUT2D eigenvalue weighted by Gasteiger charge is -2.32. The van der Waals surface area contributed by atoms with Crippen LogP contribution in [0.3, 0.4) is 0 Å². The van der Waals surface area contributed by atoms with Crippen LogP contribution in [0.2, 0.25) is 0 Å². The highest BCUT2D eigenvalue weighted by Crippen LogP contribution is 2.42. The van der Waals surface area contributed by atoms with E-state index in [0.717, 1.165) is 5.56 Å². The Morgan fingerprint density at radius 3 is 2.20 bits per heavy atom. The van der Waals surface area contributed by atoms with E-state index in [-0.39, 0.29) is 18.9 Å². The first-order valence-corrected chi connectivity index (χ1v) is 14.2. The van der Waals surface area contributed by atoms with Crippen molar-refractivity contribution in [3.05, 3.63) is 108 Å². The summed E-state index contributed by atoms with van der Waals surface area (Å²) >= 11 is 0. The zero-order valence-corrected chi connectivity index (χ0v) is 25.4. The fourth-order valence-corrected chi connectivity index (χ4v) is 5.11. The van der Waals surface area contributed by atoms with Crippen LogP contribution < -0.4 is 24.4 Å². The molecule has 0 unspecified atom stereocenters. The van der Waals surface area contributed by atoms with Gasteiger partial charge in [0.25, 0.3) is 0 Å². The minimum absolute atomic E-state index is 0.190. The molecule has 1 N–H and O–H groups in total. The van der Waals surface area contributed by atoms with Crippen molar-refractivity contribution in [1.29, 1.82) is 0 Å². The number of nitrogens with one attached hydrogen (secondary N) is 1.